The minimum absolute atomic E-state index is 0.310. The zero-order valence-corrected chi connectivity index (χ0v) is 7.60. The lowest BCUT2D eigenvalue weighted by atomic mass is 10.3. The van der Waals surface area contributed by atoms with E-state index in [1.165, 1.54) is 0 Å². The maximum absolute atomic E-state index is 11.1. The standard InChI is InChI=1S/C8H11N3O3/c9-4-6-3-7(14-10-6)5-11-1-2-13-8(11)12/h3H,1-2,4-5,9H2. The zero-order chi connectivity index (χ0) is 9.97. The predicted molar refractivity (Wildman–Crippen MR) is 46.2 cm³/mol. The first kappa shape index (κ1) is 9.01. The van der Waals surface area contributed by atoms with Crippen molar-refractivity contribution in [2.75, 3.05) is 13.2 Å². The Morgan fingerprint density at radius 1 is 1.64 bits per heavy atom. The van der Waals surface area contributed by atoms with Crippen molar-refractivity contribution in [3.63, 3.8) is 0 Å². The number of rotatable bonds is 3. The zero-order valence-electron chi connectivity index (χ0n) is 7.60. The van der Waals surface area contributed by atoms with Gasteiger partial charge in [0, 0.05) is 12.6 Å². The molecule has 2 N–H and O–H groups in total. The highest BCUT2D eigenvalue weighted by molar-refractivity contribution is 5.69. The molecule has 1 aromatic heterocycles. The number of nitrogens with two attached hydrogens (primary N) is 1. The Hall–Kier alpha value is -1.56. The highest BCUT2D eigenvalue weighted by atomic mass is 16.6. The second-order valence-corrected chi connectivity index (χ2v) is 3.02. The molecule has 0 radical (unpaired) electrons. The van der Waals surface area contributed by atoms with Crippen LogP contribution in [0.2, 0.25) is 0 Å². The maximum Gasteiger partial charge on any atom is 0.410 e. The molecule has 0 atom stereocenters. The Kier molecular flexibility index (Phi) is 2.36. The van der Waals surface area contributed by atoms with Gasteiger partial charge in [-0.1, -0.05) is 5.16 Å². The number of aromatic nitrogens is 1. The van der Waals surface area contributed by atoms with Crippen LogP contribution in [0.5, 0.6) is 0 Å². The van der Waals surface area contributed by atoms with Crippen LogP contribution in [0.3, 0.4) is 0 Å². The van der Waals surface area contributed by atoms with Gasteiger partial charge < -0.3 is 15.0 Å². The number of cyclic esters (lactones) is 1. The summed E-state index contributed by atoms with van der Waals surface area (Å²) in [6.45, 7) is 1.77. The molecule has 2 heterocycles. The molecule has 0 aliphatic carbocycles. The smallest absolute Gasteiger partial charge is 0.410 e. The molecule has 1 saturated heterocycles. The van der Waals surface area contributed by atoms with Gasteiger partial charge in [0.05, 0.1) is 18.8 Å². The van der Waals surface area contributed by atoms with Gasteiger partial charge in [-0.2, -0.15) is 0 Å². The van der Waals surface area contributed by atoms with Crippen LogP contribution in [0.4, 0.5) is 4.79 Å². The summed E-state index contributed by atoms with van der Waals surface area (Å²) in [5.41, 5.74) is 6.06. The lowest BCUT2D eigenvalue weighted by molar-refractivity contribution is 0.154. The van der Waals surface area contributed by atoms with Crippen molar-refractivity contribution in [1.82, 2.24) is 10.1 Å². The molecule has 1 aliphatic rings. The number of hydrogen-bond acceptors (Lipinski definition) is 5. The summed E-state index contributed by atoms with van der Waals surface area (Å²) in [5, 5.41) is 3.72. The average molecular weight is 197 g/mol. The van der Waals surface area contributed by atoms with Gasteiger partial charge in [0.2, 0.25) is 0 Å². The van der Waals surface area contributed by atoms with Gasteiger partial charge in [-0.25, -0.2) is 4.79 Å². The van der Waals surface area contributed by atoms with Gasteiger partial charge in [0.1, 0.15) is 6.61 Å². The number of ether oxygens (including phenoxy) is 1. The largest absolute Gasteiger partial charge is 0.448 e. The van der Waals surface area contributed by atoms with Gasteiger partial charge in [-0.3, -0.25) is 4.90 Å². The molecule has 76 valence electrons. The summed E-state index contributed by atoms with van der Waals surface area (Å²) in [7, 11) is 0. The molecule has 6 nitrogen and oxygen atoms in total. The third-order valence-corrected chi connectivity index (χ3v) is 2.01. The van der Waals surface area contributed by atoms with Crippen LogP contribution in [0, 0.1) is 0 Å². The van der Waals surface area contributed by atoms with E-state index in [9.17, 15) is 4.79 Å². The fourth-order valence-electron chi connectivity index (χ4n) is 1.28. The Morgan fingerprint density at radius 3 is 3.07 bits per heavy atom. The fraction of sp³-hybridized carbons (Fsp3) is 0.500. The molecule has 0 unspecified atom stereocenters. The van der Waals surface area contributed by atoms with E-state index in [-0.39, 0.29) is 6.09 Å². The molecule has 0 saturated carbocycles. The third kappa shape index (κ3) is 1.69. The molecule has 0 aromatic carbocycles. The van der Waals surface area contributed by atoms with Crippen molar-refractivity contribution in [3.05, 3.63) is 17.5 Å². The molecule has 0 spiro atoms. The van der Waals surface area contributed by atoms with Crippen molar-refractivity contribution in [1.29, 1.82) is 0 Å². The van der Waals surface area contributed by atoms with Crippen LogP contribution in [0.1, 0.15) is 11.5 Å². The molecular weight excluding hydrogens is 186 g/mol. The molecular formula is C8H11N3O3. The quantitative estimate of drug-likeness (QED) is 0.742. The lowest BCUT2D eigenvalue weighted by Gasteiger charge is -2.08. The van der Waals surface area contributed by atoms with E-state index < -0.39 is 0 Å². The highest BCUT2D eigenvalue weighted by Gasteiger charge is 2.23. The Balaban J connectivity index is 1.99. The second kappa shape index (κ2) is 3.67. The number of amides is 1. The summed E-state index contributed by atoms with van der Waals surface area (Å²) >= 11 is 0. The van der Waals surface area contributed by atoms with E-state index in [0.717, 1.165) is 0 Å². The normalized spacial score (nSPS) is 16.1. The van der Waals surface area contributed by atoms with Gasteiger partial charge in [-0.15, -0.1) is 0 Å². The molecule has 1 aliphatic heterocycles. The molecule has 6 heteroatoms. The lowest BCUT2D eigenvalue weighted by Crippen LogP contribution is -2.23. The Bertz CT molecular complexity index is 336. The first-order valence-corrected chi connectivity index (χ1v) is 4.36. The van der Waals surface area contributed by atoms with Crippen LogP contribution < -0.4 is 5.73 Å². The minimum atomic E-state index is -0.310. The first-order chi connectivity index (χ1) is 6.79. The number of hydrogen-bond donors (Lipinski definition) is 1. The fourth-order valence-corrected chi connectivity index (χ4v) is 1.28. The van der Waals surface area contributed by atoms with Crippen LogP contribution >= 0.6 is 0 Å². The topological polar surface area (TPSA) is 81.6 Å². The van der Waals surface area contributed by atoms with Crippen LogP contribution in [-0.2, 0) is 17.8 Å². The molecule has 1 amide bonds. The highest BCUT2D eigenvalue weighted by Crippen LogP contribution is 2.11. The Labute approximate surface area is 80.6 Å². The predicted octanol–water partition coefficient (Wildman–Crippen LogP) is 0.0855. The molecule has 1 fully saturated rings. The van der Waals surface area contributed by atoms with Gasteiger partial charge in [0.25, 0.3) is 0 Å². The summed E-state index contributed by atoms with van der Waals surface area (Å²) < 4.78 is 9.76. The summed E-state index contributed by atoms with van der Waals surface area (Å²) in [6.07, 6.45) is -0.310. The van der Waals surface area contributed by atoms with Crippen LogP contribution in [-0.4, -0.2) is 29.3 Å². The summed E-state index contributed by atoms with van der Waals surface area (Å²) in [6, 6.07) is 1.74. The molecule has 0 bridgehead atoms. The van der Waals surface area contributed by atoms with E-state index >= 15 is 0 Å². The van der Waals surface area contributed by atoms with Gasteiger partial charge >= 0.3 is 6.09 Å². The third-order valence-electron chi connectivity index (χ3n) is 2.01. The van der Waals surface area contributed by atoms with Crippen molar-refractivity contribution in [2.24, 2.45) is 5.73 Å². The van der Waals surface area contributed by atoms with Crippen LogP contribution in [0.25, 0.3) is 0 Å². The average Bonchev–Trinajstić information content (AvgIpc) is 2.77. The van der Waals surface area contributed by atoms with Crippen molar-refractivity contribution in [2.45, 2.75) is 13.1 Å². The molecule has 2 rings (SSSR count). The van der Waals surface area contributed by atoms with Gasteiger partial charge in [-0.05, 0) is 0 Å². The number of carbonyl (C=O) groups is 1. The summed E-state index contributed by atoms with van der Waals surface area (Å²) in [5.74, 6) is 0.629. The van der Waals surface area contributed by atoms with E-state index in [1.807, 2.05) is 0 Å². The number of nitrogens with zero attached hydrogens (tertiary/aromatic N) is 2. The van der Waals surface area contributed by atoms with Crippen molar-refractivity contribution >= 4 is 6.09 Å². The van der Waals surface area contributed by atoms with Crippen molar-refractivity contribution in [3.8, 4) is 0 Å². The maximum atomic E-state index is 11.1. The van der Waals surface area contributed by atoms with E-state index in [2.05, 4.69) is 5.16 Å². The van der Waals surface area contributed by atoms with E-state index in [4.69, 9.17) is 15.0 Å². The molecule has 1 aromatic rings. The summed E-state index contributed by atoms with van der Waals surface area (Å²) in [4.78, 5) is 12.6. The number of carbonyl (C=O) groups excluding carboxylic acids is 1. The SMILES string of the molecule is NCc1cc(CN2CCOC2=O)on1. The van der Waals surface area contributed by atoms with E-state index in [0.29, 0.717) is 37.7 Å². The van der Waals surface area contributed by atoms with Crippen molar-refractivity contribution < 1.29 is 14.1 Å². The monoisotopic (exact) mass is 197 g/mol. The molecule has 14 heavy (non-hydrogen) atoms. The minimum Gasteiger partial charge on any atom is -0.448 e. The first-order valence-electron chi connectivity index (χ1n) is 4.36. The van der Waals surface area contributed by atoms with E-state index in [1.54, 1.807) is 11.0 Å². The second-order valence-electron chi connectivity index (χ2n) is 3.02. The Morgan fingerprint density at radius 2 is 2.50 bits per heavy atom. The van der Waals surface area contributed by atoms with Crippen LogP contribution in [0.15, 0.2) is 10.6 Å². The van der Waals surface area contributed by atoms with Gasteiger partial charge in [0.15, 0.2) is 5.76 Å².